The second kappa shape index (κ2) is 7.78. The van der Waals surface area contributed by atoms with Crippen LogP contribution < -0.4 is 10.6 Å². The molecule has 0 aliphatic heterocycles. The summed E-state index contributed by atoms with van der Waals surface area (Å²) in [6, 6.07) is 8.45. The average molecular weight is 287 g/mol. The van der Waals surface area contributed by atoms with Crippen LogP contribution in [0.4, 0.5) is 5.69 Å². The lowest BCUT2D eigenvalue weighted by Crippen LogP contribution is -2.28. The van der Waals surface area contributed by atoms with E-state index >= 15 is 0 Å². The van der Waals surface area contributed by atoms with Gasteiger partial charge in [-0.1, -0.05) is 25.1 Å². The molecule has 0 bridgehead atoms. The minimum absolute atomic E-state index is 0.698. The molecule has 2 aromatic rings. The topological polar surface area (TPSA) is 60.0 Å². The van der Waals surface area contributed by atoms with Crippen molar-refractivity contribution in [1.82, 2.24) is 14.8 Å². The fourth-order valence-electron chi connectivity index (χ4n) is 2.46. The second-order valence-electron chi connectivity index (χ2n) is 5.25. The Bertz CT molecular complexity index is 549. The summed E-state index contributed by atoms with van der Waals surface area (Å²) in [5.41, 5.74) is 8.21. The molecule has 0 aliphatic carbocycles. The SMILES string of the molecule is CCCn1ncnc1CN(CCCN)c1ccccc1C. The zero-order valence-electron chi connectivity index (χ0n) is 13.0. The number of hydrogen-bond acceptors (Lipinski definition) is 4. The lowest BCUT2D eigenvalue weighted by Gasteiger charge is -2.26. The average Bonchev–Trinajstić information content (AvgIpc) is 2.92. The molecule has 5 nitrogen and oxygen atoms in total. The van der Waals surface area contributed by atoms with Crippen LogP contribution in [-0.2, 0) is 13.1 Å². The molecule has 0 saturated carbocycles. The quantitative estimate of drug-likeness (QED) is 0.809. The lowest BCUT2D eigenvalue weighted by molar-refractivity contribution is 0.559. The summed E-state index contributed by atoms with van der Waals surface area (Å²) in [5.74, 6) is 1.01. The molecule has 2 rings (SSSR count). The third kappa shape index (κ3) is 4.04. The summed E-state index contributed by atoms with van der Waals surface area (Å²) >= 11 is 0. The summed E-state index contributed by atoms with van der Waals surface area (Å²) in [7, 11) is 0. The Balaban J connectivity index is 2.20. The maximum absolute atomic E-state index is 5.68. The van der Waals surface area contributed by atoms with Gasteiger partial charge < -0.3 is 10.6 Å². The summed E-state index contributed by atoms with van der Waals surface area (Å²) in [4.78, 5) is 6.76. The Hall–Kier alpha value is -1.88. The van der Waals surface area contributed by atoms with Crippen molar-refractivity contribution in [3.63, 3.8) is 0 Å². The predicted molar refractivity (Wildman–Crippen MR) is 86.2 cm³/mol. The van der Waals surface area contributed by atoms with Gasteiger partial charge >= 0.3 is 0 Å². The monoisotopic (exact) mass is 287 g/mol. The number of nitrogens with zero attached hydrogens (tertiary/aromatic N) is 4. The van der Waals surface area contributed by atoms with Crippen molar-refractivity contribution in [2.45, 2.75) is 39.8 Å². The Morgan fingerprint density at radius 3 is 2.81 bits per heavy atom. The van der Waals surface area contributed by atoms with E-state index in [0.717, 1.165) is 38.3 Å². The number of aryl methyl sites for hydroxylation is 2. The predicted octanol–water partition coefficient (Wildman–Crippen LogP) is 2.35. The molecule has 0 atom stereocenters. The van der Waals surface area contributed by atoms with E-state index in [1.165, 1.54) is 11.3 Å². The Labute approximate surface area is 126 Å². The summed E-state index contributed by atoms with van der Waals surface area (Å²) in [6.07, 6.45) is 3.67. The van der Waals surface area contributed by atoms with E-state index < -0.39 is 0 Å². The van der Waals surface area contributed by atoms with E-state index in [2.05, 4.69) is 53.1 Å². The van der Waals surface area contributed by atoms with Crippen molar-refractivity contribution in [3.8, 4) is 0 Å². The van der Waals surface area contributed by atoms with Gasteiger partial charge in [0.2, 0.25) is 0 Å². The molecule has 0 aliphatic rings. The Morgan fingerprint density at radius 2 is 2.10 bits per heavy atom. The first-order chi connectivity index (χ1) is 10.3. The van der Waals surface area contributed by atoms with Gasteiger partial charge in [-0.15, -0.1) is 0 Å². The Morgan fingerprint density at radius 1 is 1.29 bits per heavy atom. The molecule has 0 spiro atoms. The van der Waals surface area contributed by atoms with Crippen LogP contribution in [0.2, 0.25) is 0 Å². The smallest absolute Gasteiger partial charge is 0.146 e. The van der Waals surface area contributed by atoms with Gasteiger partial charge in [-0.05, 0) is 37.9 Å². The van der Waals surface area contributed by atoms with Crippen molar-refractivity contribution in [3.05, 3.63) is 42.0 Å². The largest absolute Gasteiger partial charge is 0.364 e. The number of aromatic nitrogens is 3. The number of hydrogen-bond donors (Lipinski definition) is 1. The van der Waals surface area contributed by atoms with Crippen molar-refractivity contribution in [1.29, 1.82) is 0 Å². The van der Waals surface area contributed by atoms with Crippen molar-refractivity contribution < 1.29 is 0 Å². The van der Waals surface area contributed by atoms with Gasteiger partial charge in [-0.25, -0.2) is 9.67 Å². The lowest BCUT2D eigenvalue weighted by atomic mass is 10.1. The number of para-hydroxylation sites is 1. The van der Waals surface area contributed by atoms with Gasteiger partial charge in [0.25, 0.3) is 0 Å². The second-order valence-corrected chi connectivity index (χ2v) is 5.25. The molecule has 1 aromatic heterocycles. The standard InChI is InChI=1S/C16H25N5/c1-3-10-21-16(18-13-19-21)12-20(11-6-9-17)15-8-5-4-7-14(15)2/h4-5,7-8,13H,3,6,9-12,17H2,1-2H3. The third-order valence-corrected chi connectivity index (χ3v) is 3.55. The molecule has 21 heavy (non-hydrogen) atoms. The van der Waals surface area contributed by atoms with Crippen LogP contribution in [-0.4, -0.2) is 27.9 Å². The fraction of sp³-hybridized carbons (Fsp3) is 0.500. The molecule has 0 amide bonds. The normalized spacial score (nSPS) is 10.8. The van der Waals surface area contributed by atoms with Gasteiger partial charge in [0.05, 0.1) is 6.54 Å². The number of benzene rings is 1. The molecule has 5 heteroatoms. The van der Waals surface area contributed by atoms with E-state index in [4.69, 9.17) is 5.73 Å². The minimum atomic E-state index is 0.698. The first-order valence-corrected chi connectivity index (χ1v) is 7.63. The molecule has 0 unspecified atom stereocenters. The van der Waals surface area contributed by atoms with Crippen molar-refractivity contribution in [2.75, 3.05) is 18.0 Å². The van der Waals surface area contributed by atoms with Gasteiger partial charge in [0.1, 0.15) is 12.2 Å². The van der Waals surface area contributed by atoms with Crippen LogP contribution in [0.25, 0.3) is 0 Å². The van der Waals surface area contributed by atoms with Crippen LogP contribution in [0.5, 0.6) is 0 Å². The number of rotatable bonds is 8. The zero-order valence-corrected chi connectivity index (χ0v) is 13.0. The summed E-state index contributed by atoms with van der Waals surface area (Å²) < 4.78 is 1.99. The maximum Gasteiger partial charge on any atom is 0.146 e. The minimum Gasteiger partial charge on any atom is -0.364 e. The van der Waals surface area contributed by atoms with Crippen LogP contribution in [0, 0.1) is 6.92 Å². The van der Waals surface area contributed by atoms with Crippen LogP contribution in [0.3, 0.4) is 0 Å². The number of anilines is 1. The van der Waals surface area contributed by atoms with Crippen molar-refractivity contribution >= 4 is 5.69 Å². The summed E-state index contributed by atoms with van der Waals surface area (Å²) in [5, 5.41) is 4.31. The van der Waals surface area contributed by atoms with E-state index in [1.54, 1.807) is 6.33 Å². The first-order valence-electron chi connectivity index (χ1n) is 7.63. The van der Waals surface area contributed by atoms with Gasteiger partial charge in [-0.2, -0.15) is 5.10 Å². The van der Waals surface area contributed by atoms with Gasteiger partial charge in [-0.3, -0.25) is 0 Å². The van der Waals surface area contributed by atoms with Crippen molar-refractivity contribution in [2.24, 2.45) is 5.73 Å². The van der Waals surface area contributed by atoms with E-state index in [0.29, 0.717) is 6.54 Å². The van der Waals surface area contributed by atoms with Crippen LogP contribution in [0.15, 0.2) is 30.6 Å². The molecule has 1 aromatic carbocycles. The van der Waals surface area contributed by atoms with Gasteiger partial charge in [0.15, 0.2) is 0 Å². The molecule has 1 heterocycles. The Kier molecular flexibility index (Phi) is 5.75. The molecule has 0 saturated heterocycles. The fourth-order valence-corrected chi connectivity index (χ4v) is 2.46. The van der Waals surface area contributed by atoms with E-state index in [-0.39, 0.29) is 0 Å². The number of nitrogens with two attached hydrogens (primary N) is 1. The zero-order chi connectivity index (χ0) is 15.1. The molecule has 2 N–H and O–H groups in total. The van der Waals surface area contributed by atoms with Crippen LogP contribution in [0.1, 0.15) is 31.2 Å². The summed E-state index contributed by atoms with van der Waals surface area (Å²) in [6.45, 7) is 7.60. The molecular formula is C16H25N5. The van der Waals surface area contributed by atoms with E-state index in [1.807, 2.05) is 4.68 Å². The highest BCUT2D eigenvalue weighted by Gasteiger charge is 2.13. The van der Waals surface area contributed by atoms with Gasteiger partial charge in [0, 0.05) is 18.8 Å². The maximum atomic E-state index is 5.68. The third-order valence-electron chi connectivity index (χ3n) is 3.55. The molecule has 114 valence electrons. The highest BCUT2D eigenvalue weighted by molar-refractivity contribution is 5.52. The van der Waals surface area contributed by atoms with Crippen LogP contribution >= 0.6 is 0 Å². The van der Waals surface area contributed by atoms with E-state index in [9.17, 15) is 0 Å². The highest BCUT2D eigenvalue weighted by atomic mass is 15.3. The molecule has 0 radical (unpaired) electrons. The first kappa shape index (κ1) is 15.5. The molecule has 0 fully saturated rings. The molecular weight excluding hydrogens is 262 g/mol. The highest BCUT2D eigenvalue weighted by Crippen LogP contribution is 2.21.